The fourth-order valence-electron chi connectivity index (χ4n) is 2.93. The first-order chi connectivity index (χ1) is 15.0. The summed E-state index contributed by atoms with van der Waals surface area (Å²) in [6.45, 7) is 1.75. The lowest BCUT2D eigenvalue weighted by Gasteiger charge is -2.08. The van der Waals surface area contributed by atoms with Gasteiger partial charge in [0.25, 0.3) is 11.4 Å². The highest BCUT2D eigenvalue weighted by Gasteiger charge is 2.14. The van der Waals surface area contributed by atoms with Crippen LogP contribution < -0.4 is 10.9 Å². The molecule has 8 nitrogen and oxygen atoms in total. The molecule has 2 heterocycles. The number of nitrogens with zero attached hydrogens (tertiary/aromatic N) is 4. The van der Waals surface area contributed by atoms with Crippen molar-refractivity contribution >= 4 is 11.6 Å². The Balaban J connectivity index is 1.52. The molecule has 4 rings (SSSR count). The fraction of sp³-hybridized carbons (Fsp3) is 0.136. The van der Waals surface area contributed by atoms with Gasteiger partial charge in [0.15, 0.2) is 0 Å². The van der Waals surface area contributed by atoms with Crippen molar-refractivity contribution in [3.05, 3.63) is 82.4 Å². The van der Waals surface area contributed by atoms with Crippen LogP contribution in [-0.4, -0.2) is 25.8 Å². The lowest BCUT2D eigenvalue weighted by atomic mass is 10.1. The Morgan fingerprint density at radius 2 is 1.94 bits per heavy atom. The third-order valence-corrected chi connectivity index (χ3v) is 4.53. The monoisotopic (exact) mass is 419 g/mol. The van der Waals surface area contributed by atoms with Gasteiger partial charge in [-0.1, -0.05) is 24.2 Å². The lowest BCUT2D eigenvalue weighted by molar-refractivity contribution is -0.117. The number of hydrogen-bond acceptors (Lipinski definition) is 6. The maximum Gasteiger partial charge on any atom is 0.278 e. The number of rotatable bonds is 6. The number of anilines is 1. The third-order valence-electron chi connectivity index (χ3n) is 4.53. The normalized spacial score (nSPS) is 10.8. The molecule has 0 radical (unpaired) electrons. The minimum atomic E-state index is -0.445. The maximum absolute atomic E-state index is 13.1. The van der Waals surface area contributed by atoms with E-state index in [2.05, 4.69) is 20.6 Å². The molecule has 1 amide bonds. The zero-order valence-electron chi connectivity index (χ0n) is 16.6. The van der Waals surface area contributed by atoms with E-state index in [1.54, 1.807) is 6.07 Å². The molecule has 0 unspecified atom stereocenters. The van der Waals surface area contributed by atoms with Gasteiger partial charge < -0.3 is 9.84 Å². The Kier molecular flexibility index (Phi) is 5.65. The summed E-state index contributed by atoms with van der Waals surface area (Å²) < 4.78 is 19.3. The Hall–Kier alpha value is -4.14. The van der Waals surface area contributed by atoms with Crippen LogP contribution in [0.3, 0.4) is 0 Å². The molecule has 0 aliphatic heterocycles. The van der Waals surface area contributed by atoms with Crippen molar-refractivity contribution < 1.29 is 13.7 Å². The van der Waals surface area contributed by atoms with E-state index < -0.39 is 11.5 Å². The topological polar surface area (TPSA) is 103 Å². The molecular weight excluding hydrogens is 401 g/mol. The quantitative estimate of drug-likeness (QED) is 0.514. The van der Waals surface area contributed by atoms with E-state index in [0.717, 1.165) is 16.7 Å². The number of aromatic nitrogens is 4. The van der Waals surface area contributed by atoms with Crippen molar-refractivity contribution in [2.75, 3.05) is 5.32 Å². The van der Waals surface area contributed by atoms with Crippen LogP contribution in [0.5, 0.6) is 0 Å². The van der Waals surface area contributed by atoms with Crippen molar-refractivity contribution in [1.82, 2.24) is 19.9 Å². The van der Waals surface area contributed by atoms with Crippen molar-refractivity contribution in [1.29, 1.82) is 0 Å². The van der Waals surface area contributed by atoms with E-state index >= 15 is 0 Å². The van der Waals surface area contributed by atoms with Gasteiger partial charge in [-0.2, -0.15) is 10.1 Å². The summed E-state index contributed by atoms with van der Waals surface area (Å²) in [5.41, 5.74) is 2.09. The summed E-state index contributed by atoms with van der Waals surface area (Å²) in [7, 11) is 0. The van der Waals surface area contributed by atoms with Gasteiger partial charge in [0.1, 0.15) is 18.1 Å². The van der Waals surface area contributed by atoms with Crippen LogP contribution in [0, 0.1) is 5.82 Å². The third kappa shape index (κ3) is 4.72. The second kappa shape index (κ2) is 8.70. The summed E-state index contributed by atoms with van der Waals surface area (Å²) >= 11 is 0. The van der Waals surface area contributed by atoms with E-state index in [4.69, 9.17) is 4.52 Å². The summed E-state index contributed by atoms with van der Waals surface area (Å²) in [5.74, 6) is -0.439. The van der Waals surface area contributed by atoms with Gasteiger partial charge in [0, 0.05) is 17.3 Å². The number of halogens is 1. The molecule has 0 fully saturated rings. The molecule has 2 aromatic heterocycles. The maximum atomic E-state index is 13.1. The van der Waals surface area contributed by atoms with Gasteiger partial charge in [-0.3, -0.25) is 9.59 Å². The Labute approximate surface area is 176 Å². The van der Waals surface area contributed by atoms with Gasteiger partial charge >= 0.3 is 0 Å². The molecule has 4 aromatic rings. The van der Waals surface area contributed by atoms with Crippen LogP contribution in [0.2, 0.25) is 0 Å². The van der Waals surface area contributed by atoms with E-state index in [1.807, 2.05) is 25.1 Å². The molecule has 0 saturated heterocycles. The van der Waals surface area contributed by atoms with Crippen LogP contribution in [0.4, 0.5) is 10.1 Å². The zero-order chi connectivity index (χ0) is 21.8. The first-order valence-corrected chi connectivity index (χ1v) is 9.59. The predicted octanol–water partition coefficient (Wildman–Crippen LogP) is 3.30. The van der Waals surface area contributed by atoms with Gasteiger partial charge in [-0.15, -0.1) is 0 Å². The van der Waals surface area contributed by atoms with Crippen LogP contribution >= 0.6 is 0 Å². The Morgan fingerprint density at radius 1 is 1.13 bits per heavy atom. The van der Waals surface area contributed by atoms with Crippen LogP contribution in [0.15, 0.2) is 70.0 Å². The minimum Gasteiger partial charge on any atom is -0.332 e. The Morgan fingerprint density at radius 3 is 2.71 bits per heavy atom. The van der Waals surface area contributed by atoms with Gasteiger partial charge in [0.05, 0.1) is 0 Å². The van der Waals surface area contributed by atoms with E-state index in [0.29, 0.717) is 11.3 Å². The first kappa shape index (κ1) is 20.1. The number of amides is 1. The average molecular weight is 419 g/mol. The highest BCUT2D eigenvalue weighted by molar-refractivity contribution is 5.90. The largest absolute Gasteiger partial charge is 0.332 e. The average Bonchev–Trinajstić information content (AvgIpc) is 3.26. The lowest BCUT2D eigenvalue weighted by Crippen LogP contribution is -2.29. The number of nitrogens with one attached hydrogen (secondary N) is 1. The predicted molar refractivity (Wildman–Crippen MR) is 112 cm³/mol. The molecule has 0 saturated carbocycles. The molecule has 1 N–H and O–H groups in total. The van der Waals surface area contributed by atoms with Crippen LogP contribution in [0.1, 0.15) is 12.5 Å². The molecule has 0 bridgehead atoms. The fourth-order valence-corrected chi connectivity index (χ4v) is 2.93. The molecule has 156 valence electrons. The molecular formula is C22H18FN5O3. The number of hydrogen-bond donors (Lipinski definition) is 1. The summed E-state index contributed by atoms with van der Waals surface area (Å²) in [4.78, 5) is 28.8. The van der Waals surface area contributed by atoms with Gasteiger partial charge in [-0.05, 0) is 54.4 Å². The molecule has 0 atom stereocenters. The van der Waals surface area contributed by atoms with E-state index in [1.165, 1.54) is 36.4 Å². The Bertz CT molecular complexity index is 1280. The SMILES string of the molecule is CCc1cccc(NC(=O)Cn2nc(-c3nc(-c4ccc(F)cc4)no3)ccc2=O)c1. The van der Waals surface area contributed by atoms with Gasteiger partial charge in [0.2, 0.25) is 11.7 Å². The van der Waals surface area contributed by atoms with E-state index in [9.17, 15) is 14.0 Å². The number of benzene rings is 2. The summed E-state index contributed by atoms with van der Waals surface area (Å²) in [5, 5.41) is 10.8. The first-order valence-electron chi connectivity index (χ1n) is 9.59. The van der Waals surface area contributed by atoms with Crippen molar-refractivity contribution in [2.24, 2.45) is 0 Å². The zero-order valence-corrected chi connectivity index (χ0v) is 16.6. The number of carbonyl (C=O) groups excluding carboxylic acids is 1. The van der Waals surface area contributed by atoms with Crippen molar-refractivity contribution in [3.63, 3.8) is 0 Å². The standard InChI is InChI=1S/C22H18FN5O3/c1-2-14-4-3-5-17(12-14)24-19(29)13-28-20(30)11-10-18(26-28)22-25-21(27-31-22)15-6-8-16(23)9-7-15/h3-12H,2,13H2,1H3,(H,24,29). The minimum absolute atomic E-state index is 0.0733. The molecule has 0 aliphatic carbocycles. The number of carbonyl (C=O) groups is 1. The second-order valence-corrected chi connectivity index (χ2v) is 6.75. The molecule has 0 aliphatic rings. The highest BCUT2D eigenvalue weighted by atomic mass is 19.1. The van der Waals surface area contributed by atoms with Crippen LogP contribution in [0.25, 0.3) is 23.0 Å². The molecule has 31 heavy (non-hydrogen) atoms. The van der Waals surface area contributed by atoms with E-state index in [-0.39, 0.29) is 29.8 Å². The molecule has 9 heteroatoms. The van der Waals surface area contributed by atoms with Crippen molar-refractivity contribution in [2.45, 2.75) is 19.9 Å². The summed E-state index contributed by atoms with van der Waals surface area (Å²) in [6.07, 6.45) is 0.844. The smallest absolute Gasteiger partial charge is 0.278 e. The second-order valence-electron chi connectivity index (χ2n) is 6.75. The number of aryl methyl sites for hydroxylation is 1. The van der Waals surface area contributed by atoms with Crippen molar-refractivity contribution in [3.8, 4) is 23.0 Å². The molecule has 0 spiro atoms. The van der Waals surface area contributed by atoms with Gasteiger partial charge in [-0.25, -0.2) is 9.07 Å². The highest BCUT2D eigenvalue weighted by Crippen LogP contribution is 2.20. The van der Waals surface area contributed by atoms with Crippen LogP contribution in [-0.2, 0) is 17.8 Å². The molecule has 2 aromatic carbocycles. The summed E-state index contributed by atoms with van der Waals surface area (Å²) in [6, 6.07) is 15.8.